The van der Waals surface area contributed by atoms with E-state index >= 15 is 0 Å². The van der Waals surface area contributed by atoms with Gasteiger partial charge in [-0.25, -0.2) is 0 Å². The summed E-state index contributed by atoms with van der Waals surface area (Å²) in [5.74, 6) is 0. The maximum Gasteiger partial charge on any atom is 0.0541 e. The minimum absolute atomic E-state index is 1.16. The van der Waals surface area contributed by atoms with Gasteiger partial charge >= 0.3 is 0 Å². The number of hydrogen-bond acceptors (Lipinski definition) is 0. The lowest BCUT2D eigenvalue weighted by Crippen LogP contribution is -1.95. The summed E-state index contributed by atoms with van der Waals surface area (Å²) in [6.45, 7) is 0. The third kappa shape index (κ3) is 4.64. The van der Waals surface area contributed by atoms with Crippen LogP contribution in [-0.4, -0.2) is 4.57 Å². The molecule has 0 amide bonds. The standard InChI is InChI=1S/C52H33N/c1-2-12-34(13-3-1)38-28-31-46-48(32-38)51(37-26-29-40(30-27-37)53-49-20-10-8-16-42(49)43-17-9-11-21-50(43)53)44-18-6-7-19-45(44)52(46)39-25-24-36-23-22-35-14-4-5-15-41(35)47(36)33-39/h1-33H. The molecule has 0 saturated heterocycles. The predicted molar refractivity (Wildman–Crippen MR) is 227 cm³/mol. The average molecular weight is 672 g/mol. The summed E-state index contributed by atoms with van der Waals surface area (Å²) in [7, 11) is 0. The first-order valence-electron chi connectivity index (χ1n) is 18.3. The van der Waals surface area contributed by atoms with Gasteiger partial charge in [-0.1, -0.05) is 164 Å². The fourth-order valence-electron chi connectivity index (χ4n) is 8.75. The molecule has 0 unspecified atom stereocenters. The van der Waals surface area contributed by atoms with E-state index in [0.29, 0.717) is 0 Å². The number of benzene rings is 10. The van der Waals surface area contributed by atoms with E-state index in [1.165, 1.54) is 98.3 Å². The molecule has 53 heavy (non-hydrogen) atoms. The Labute approximate surface area is 307 Å². The molecule has 0 aliphatic rings. The van der Waals surface area contributed by atoms with Crippen molar-refractivity contribution >= 4 is 64.9 Å². The van der Waals surface area contributed by atoms with Crippen LogP contribution in [0.25, 0.3) is 104 Å². The third-order valence-corrected chi connectivity index (χ3v) is 11.2. The van der Waals surface area contributed by atoms with E-state index in [9.17, 15) is 0 Å². The van der Waals surface area contributed by atoms with E-state index in [1.807, 2.05) is 0 Å². The molecule has 10 aromatic carbocycles. The van der Waals surface area contributed by atoms with Gasteiger partial charge in [0.05, 0.1) is 11.0 Å². The highest BCUT2D eigenvalue weighted by Crippen LogP contribution is 2.46. The fourth-order valence-corrected chi connectivity index (χ4v) is 8.75. The quantitative estimate of drug-likeness (QED) is 0.130. The summed E-state index contributed by atoms with van der Waals surface area (Å²) in [6, 6.07) is 73.6. The Morgan fingerprint density at radius 2 is 0.717 bits per heavy atom. The summed E-state index contributed by atoms with van der Waals surface area (Å²) in [4.78, 5) is 0. The molecule has 1 aromatic heterocycles. The summed E-state index contributed by atoms with van der Waals surface area (Å²) in [6.07, 6.45) is 0. The van der Waals surface area contributed by atoms with Crippen molar-refractivity contribution in [2.24, 2.45) is 0 Å². The van der Waals surface area contributed by atoms with Gasteiger partial charge in [0.25, 0.3) is 0 Å². The van der Waals surface area contributed by atoms with E-state index in [-0.39, 0.29) is 0 Å². The molecule has 246 valence electrons. The van der Waals surface area contributed by atoms with Crippen molar-refractivity contribution in [3.8, 4) is 39.1 Å². The van der Waals surface area contributed by atoms with Crippen molar-refractivity contribution < 1.29 is 0 Å². The first-order chi connectivity index (χ1) is 26.3. The SMILES string of the molecule is c1ccc(-c2ccc3c(-c4ccc5ccc6ccccc6c5c4)c4ccccc4c(-c4ccc(-n5c6ccccc6c6ccccc65)cc4)c3c2)cc1. The van der Waals surface area contributed by atoms with Crippen LogP contribution in [0.3, 0.4) is 0 Å². The largest absolute Gasteiger partial charge is 0.309 e. The van der Waals surface area contributed by atoms with Gasteiger partial charge < -0.3 is 4.57 Å². The number of aromatic nitrogens is 1. The van der Waals surface area contributed by atoms with Gasteiger partial charge in [-0.3, -0.25) is 0 Å². The van der Waals surface area contributed by atoms with Crippen LogP contribution in [0, 0.1) is 0 Å². The van der Waals surface area contributed by atoms with Crippen LogP contribution in [0.15, 0.2) is 200 Å². The average Bonchev–Trinajstić information content (AvgIpc) is 3.57. The first-order valence-corrected chi connectivity index (χ1v) is 18.3. The molecular formula is C52H33N. The van der Waals surface area contributed by atoms with E-state index < -0.39 is 0 Å². The van der Waals surface area contributed by atoms with Gasteiger partial charge in [0, 0.05) is 16.5 Å². The maximum atomic E-state index is 2.41. The van der Waals surface area contributed by atoms with E-state index in [4.69, 9.17) is 0 Å². The Kier molecular flexibility index (Phi) is 6.62. The minimum atomic E-state index is 1.16. The molecule has 0 aliphatic heterocycles. The zero-order valence-corrected chi connectivity index (χ0v) is 29.0. The van der Waals surface area contributed by atoms with Gasteiger partial charge in [-0.15, -0.1) is 0 Å². The van der Waals surface area contributed by atoms with Crippen molar-refractivity contribution in [3.63, 3.8) is 0 Å². The summed E-state index contributed by atoms with van der Waals surface area (Å²) in [5, 5.41) is 12.6. The van der Waals surface area contributed by atoms with Crippen LogP contribution in [0.2, 0.25) is 0 Å². The molecule has 0 saturated carbocycles. The molecule has 1 nitrogen and oxygen atoms in total. The van der Waals surface area contributed by atoms with Crippen LogP contribution in [-0.2, 0) is 0 Å². The molecule has 0 atom stereocenters. The summed E-state index contributed by atoms with van der Waals surface area (Å²) in [5.41, 5.74) is 11.0. The number of fused-ring (bicyclic) bond motifs is 8. The van der Waals surface area contributed by atoms with E-state index in [0.717, 1.165) is 5.69 Å². The zero-order chi connectivity index (χ0) is 34.9. The van der Waals surface area contributed by atoms with Crippen molar-refractivity contribution in [3.05, 3.63) is 200 Å². The van der Waals surface area contributed by atoms with Crippen molar-refractivity contribution in [2.45, 2.75) is 0 Å². The summed E-state index contributed by atoms with van der Waals surface area (Å²) >= 11 is 0. The van der Waals surface area contributed by atoms with Crippen LogP contribution in [0.4, 0.5) is 0 Å². The van der Waals surface area contributed by atoms with Gasteiger partial charge in [0.2, 0.25) is 0 Å². The highest BCUT2D eigenvalue weighted by atomic mass is 15.0. The van der Waals surface area contributed by atoms with Crippen molar-refractivity contribution in [2.75, 3.05) is 0 Å². The molecular weight excluding hydrogens is 639 g/mol. The van der Waals surface area contributed by atoms with E-state index in [1.54, 1.807) is 0 Å². The molecule has 1 heteroatoms. The molecule has 11 rings (SSSR count). The molecule has 0 radical (unpaired) electrons. The fraction of sp³-hybridized carbons (Fsp3) is 0. The van der Waals surface area contributed by atoms with Gasteiger partial charge in [-0.05, 0) is 113 Å². The first kappa shape index (κ1) is 29.7. The predicted octanol–water partition coefficient (Wildman–Crippen LogP) is 14.4. The second-order valence-electron chi connectivity index (χ2n) is 14.1. The Balaban J connectivity index is 1.18. The maximum absolute atomic E-state index is 2.41. The second-order valence-corrected chi connectivity index (χ2v) is 14.1. The Morgan fingerprint density at radius 3 is 1.42 bits per heavy atom. The van der Waals surface area contributed by atoms with Gasteiger partial charge in [0.1, 0.15) is 0 Å². The number of rotatable bonds is 4. The van der Waals surface area contributed by atoms with Crippen LogP contribution >= 0.6 is 0 Å². The molecule has 1 heterocycles. The Hall–Kier alpha value is -6.96. The Morgan fingerprint density at radius 1 is 0.245 bits per heavy atom. The van der Waals surface area contributed by atoms with Crippen LogP contribution in [0.1, 0.15) is 0 Å². The highest BCUT2D eigenvalue weighted by Gasteiger charge is 2.19. The molecule has 0 spiro atoms. The normalized spacial score (nSPS) is 11.8. The smallest absolute Gasteiger partial charge is 0.0541 e. The van der Waals surface area contributed by atoms with Crippen molar-refractivity contribution in [1.29, 1.82) is 0 Å². The molecule has 11 aromatic rings. The van der Waals surface area contributed by atoms with Crippen LogP contribution < -0.4 is 0 Å². The van der Waals surface area contributed by atoms with Gasteiger partial charge in [-0.2, -0.15) is 0 Å². The minimum Gasteiger partial charge on any atom is -0.309 e. The van der Waals surface area contributed by atoms with Crippen LogP contribution in [0.5, 0.6) is 0 Å². The monoisotopic (exact) mass is 671 g/mol. The molecule has 0 N–H and O–H groups in total. The number of hydrogen-bond donors (Lipinski definition) is 0. The lowest BCUT2D eigenvalue weighted by atomic mass is 9.84. The number of para-hydroxylation sites is 2. The zero-order valence-electron chi connectivity index (χ0n) is 29.0. The molecule has 0 fully saturated rings. The van der Waals surface area contributed by atoms with Crippen molar-refractivity contribution in [1.82, 2.24) is 4.57 Å². The number of nitrogens with zero attached hydrogens (tertiary/aromatic N) is 1. The Bertz CT molecular complexity index is 3150. The molecule has 0 bridgehead atoms. The molecule has 0 aliphatic carbocycles. The highest BCUT2D eigenvalue weighted by molar-refractivity contribution is 6.23. The lowest BCUT2D eigenvalue weighted by Gasteiger charge is -2.19. The van der Waals surface area contributed by atoms with Gasteiger partial charge in [0.15, 0.2) is 0 Å². The second kappa shape index (κ2) is 11.8. The summed E-state index contributed by atoms with van der Waals surface area (Å²) < 4.78 is 2.39. The topological polar surface area (TPSA) is 4.93 Å². The van der Waals surface area contributed by atoms with E-state index in [2.05, 4.69) is 205 Å². The third-order valence-electron chi connectivity index (χ3n) is 11.2. The lowest BCUT2D eigenvalue weighted by molar-refractivity contribution is 1.18.